The molecule has 0 bridgehead atoms. The van der Waals surface area contributed by atoms with Crippen molar-refractivity contribution in [1.82, 2.24) is 0 Å². The molecule has 0 unspecified atom stereocenters. The van der Waals surface area contributed by atoms with Crippen LogP contribution >= 0.6 is 0 Å². The van der Waals surface area contributed by atoms with Crippen LogP contribution in [0.3, 0.4) is 0 Å². The van der Waals surface area contributed by atoms with E-state index in [1.165, 1.54) is 7.11 Å². The van der Waals surface area contributed by atoms with Gasteiger partial charge in [-0.05, 0) is 71.2 Å². The molecule has 0 heterocycles. The molecule has 0 saturated carbocycles. The van der Waals surface area contributed by atoms with Crippen LogP contribution in [-0.4, -0.2) is 45.8 Å². The second-order valence-electron chi connectivity index (χ2n) is 10.9. The average molecular weight is 537 g/mol. The molecule has 38 heavy (non-hydrogen) atoms. The van der Waals surface area contributed by atoms with E-state index in [0.29, 0.717) is 19.6 Å². The maximum atomic E-state index is 11.1. The molecule has 1 atom stereocenters. The number of aliphatic carboxylic acids is 1. The topological polar surface area (TPSA) is 74.2 Å². The third-order valence-electron chi connectivity index (χ3n) is 6.95. The Labute approximate surface area is 227 Å². The SMILES string of the molecule is CO[C@@H](Cc1ccc(OCCCOc2ccc(-c3ccc(O[Si](C)(C)C(C)(C)C)cc3)cc2)cc1)C(=O)O. The predicted molar refractivity (Wildman–Crippen MR) is 154 cm³/mol. The molecule has 0 fully saturated rings. The summed E-state index contributed by atoms with van der Waals surface area (Å²) in [6.45, 7) is 12.3. The first-order valence-corrected chi connectivity index (χ1v) is 15.9. The second-order valence-corrected chi connectivity index (χ2v) is 15.6. The van der Waals surface area contributed by atoms with Crippen molar-refractivity contribution >= 4 is 14.3 Å². The van der Waals surface area contributed by atoms with Gasteiger partial charge in [0.25, 0.3) is 0 Å². The third kappa shape index (κ3) is 8.36. The largest absolute Gasteiger partial charge is 0.544 e. The van der Waals surface area contributed by atoms with E-state index in [2.05, 4.69) is 70.3 Å². The van der Waals surface area contributed by atoms with Crippen LogP contribution in [-0.2, 0) is 16.0 Å². The van der Waals surface area contributed by atoms with Crippen LogP contribution in [0, 0.1) is 0 Å². The summed E-state index contributed by atoms with van der Waals surface area (Å²) in [6.07, 6.45) is 0.208. The third-order valence-corrected chi connectivity index (χ3v) is 11.3. The molecule has 1 N–H and O–H groups in total. The summed E-state index contributed by atoms with van der Waals surface area (Å²) >= 11 is 0. The molecule has 0 aromatic heterocycles. The molecular formula is C31H40O6Si. The van der Waals surface area contributed by atoms with Gasteiger partial charge in [0.1, 0.15) is 17.2 Å². The number of hydrogen-bond donors (Lipinski definition) is 1. The number of methoxy groups -OCH3 is 1. The van der Waals surface area contributed by atoms with Gasteiger partial charge in [0.15, 0.2) is 6.10 Å². The van der Waals surface area contributed by atoms with Gasteiger partial charge in [0, 0.05) is 20.0 Å². The highest BCUT2D eigenvalue weighted by Gasteiger charge is 2.38. The van der Waals surface area contributed by atoms with Crippen LogP contribution in [0.4, 0.5) is 0 Å². The molecule has 6 nitrogen and oxygen atoms in total. The summed E-state index contributed by atoms with van der Waals surface area (Å²) in [5.41, 5.74) is 3.15. The Morgan fingerprint density at radius 3 is 1.66 bits per heavy atom. The van der Waals surface area contributed by atoms with E-state index in [-0.39, 0.29) is 5.04 Å². The first-order chi connectivity index (χ1) is 18.0. The van der Waals surface area contributed by atoms with E-state index < -0.39 is 20.4 Å². The van der Waals surface area contributed by atoms with Crippen LogP contribution in [0.1, 0.15) is 32.8 Å². The Hall–Kier alpha value is -3.29. The quantitative estimate of drug-likeness (QED) is 0.184. The van der Waals surface area contributed by atoms with Gasteiger partial charge in [-0.15, -0.1) is 0 Å². The minimum Gasteiger partial charge on any atom is -0.544 e. The smallest absolute Gasteiger partial charge is 0.333 e. The molecule has 7 heteroatoms. The van der Waals surface area contributed by atoms with Gasteiger partial charge in [-0.3, -0.25) is 0 Å². The first kappa shape index (κ1) is 29.3. The number of ether oxygens (including phenoxy) is 3. The highest BCUT2D eigenvalue weighted by Crippen LogP contribution is 2.37. The minimum atomic E-state index is -1.85. The van der Waals surface area contributed by atoms with Gasteiger partial charge in [-0.25, -0.2) is 4.79 Å². The van der Waals surface area contributed by atoms with E-state index in [1.807, 2.05) is 36.4 Å². The molecule has 0 radical (unpaired) electrons. The van der Waals surface area contributed by atoms with Crippen molar-refractivity contribution in [3.63, 3.8) is 0 Å². The van der Waals surface area contributed by atoms with Gasteiger partial charge in [-0.1, -0.05) is 57.2 Å². The highest BCUT2D eigenvalue weighted by atomic mass is 28.4. The summed E-state index contributed by atoms with van der Waals surface area (Å²) < 4.78 is 23.0. The van der Waals surface area contributed by atoms with Gasteiger partial charge in [-0.2, -0.15) is 0 Å². The fourth-order valence-corrected chi connectivity index (χ4v) is 4.58. The molecular weight excluding hydrogens is 496 g/mol. The predicted octanol–water partition coefficient (Wildman–Crippen LogP) is 7.23. The lowest BCUT2D eigenvalue weighted by Gasteiger charge is -2.36. The van der Waals surface area contributed by atoms with Crippen molar-refractivity contribution in [3.8, 4) is 28.4 Å². The first-order valence-electron chi connectivity index (χ1n) is 13.0. The van der Waals surface area contributed by atoms with Crippen LogP contribution < -0.4 is 13.9 Å². The lowest BCUT2D eigenvalue weighted by Crippen LogP contribution is -2.43. The van der Waals surface area contributed by atoms with Crippen molar-refractivity contribution in [2.45, 2.75) is 57.8 Å². The molecule has 3 rings (SSSR count). The summed E-state index contributed by atoms with van der Waals surface area (Å²) in [4.78, 5) is 11.1. The van der Waals surface area contributed by atoms with E-state index in [0.717, 1.165) is 40.4 Å². The molecule has 0 spiro atoms. The van der Waals surface area contributed by atoms with Crippen LogP contribution in [0.5, 0.6) is 17.2 Å². The molecule has 0 aliphatic rings. The van der Waals surface area contributed by atoms with Gasteiger partial charge >= 0.3 is 5.97 Å². The maximum Gasteiger partial charge on any atom is 0.333 e. The molecule has 3 aromatic carbocycles. The second kappa shape index (κ2) is 13.0. The van der Waals surface area contributed by atoms with Crippen LogP contribution in [0.2, 0.25) is 18.1 Å². The average Bonchev–Trinajstić information content (AvgIpc) is 2.87. The number of benzene rings is 3. The van der Waals surface area contributed by atoms with Crippen molar-refractivity contribution in [3.05, 3.63) is 78.4 Å². The molecule has 0 aliphatic carbocycles. The van der Waals surface area contributed by atoms with Gasteiger partial charge in [0.05, 0.1) is 13.2 Å². The van der Waals surface area contributed by atoms with E-state index >= 15 is 0 Å². The molecule has 0 saturated heterocycles. The Balaban J connectivity index is 1.41. The zero-order chi connectivity index (χ0) is 27.8. The Kier molecular flexibility index (Phi) is 10.00. The number of carboxylic acids is 1. The van der Waals surface area contributed by atoms with Crippen molar-refractivity contribution < 1.29 is 28.5 Å². The lowest BCUT2D eigenvalue weighted by molar-refractivity contribution is -0.148. The Morgan fingerprint density at radius 2 is 1.24 bits per heavy atom. The summed E-state index contributed by atoms with van der Waals surface area (Å²) in [5.74, 6) is 1.52. The monoisotopic (exact) mass is 536 g/mol. The summed E-state index contributed by atoms with van der Waals surface area (Å²) in [5, 5.41) is 9.26. The van der Waals surface area contributed by atoms with Crippen LogP contribution in [0.15, 0.2) is 72.8 Å². The summed E-state index contributed by atoms with van der Waals surface area (Å²) in [7, 11) is -0.448. The molecule has 204 valence electrons. The molecule has 3 aromatic rings. The standard InChI is InChI=1S/C31H40O6Si/c1-31(2,3)38(5,6)37-28-18-12-25(13-19-28)24-10-16-27(17-11-24)36-21-7-20-35-26-14-8-23(9-15-26)22-29(34-4)30(32)33/h8-19,29H,7,20-22H2,1-6H3,(H,32,33)/t29-/m0/s1. The molecule has 0 amide bonds. The fourth-order valence-electron chi connectivity index (χ4n) is 3.55. The highest BCUT2D eigenvalue weighted by molar-refractivity contribution is 6.74. The summed E-state index contributed by atoms with van der Waals surface area (Å²) in [6, 6.07) is 23.8. The van der Waals surface area contributed by atoms with E-state index in [1.54, 1.807) is 0 Å². The lowest BCUT2D eigenvalue weighted by atomic mass is 10.1. The Bertz CT molecular complexity index is 1150. The fraction of sp³-hybridized carbons (Fsp3) is 0.387. The number of carboxylic acid groups (broad SMARTS) is 1. The number of carbonyl (C=O) groups is 1. The van der Waals surface area contributed by atoms with Crippen LogP contribution in [0.25, 0.3) is 11.1 Å². The zero-order valence-electron chi connectivity index (χ0n) is 23.3. The minimum absolute atomic E-state index is 0.165. The van der Waals surface area contributed by atoms with Gasteiger partial charge < -0.3 is 23.7 Å². The van der Waals surface area contributed by atoms with Crippen molar-refractivity contribution in [1.29, 1.82) is 0 Å². The van der Waals surface area contributed by atoms with E-state index in [4.69, 9.17) is 23.7 Å². The Morgan fingerprint density at radius 1 is 0.789 bits per heavy atom. The van der Waals surface area contributed by atoms with Gasteiger partial charge in [0.2, 0.25) is 8.32 Å². The number of rotatable bonds is 13. The van der Waals surface area contributed by atoms with Crippen molar-refractivity contribution in [2.24, 2.45) is 0 Å². The zero-order valence-corrected chi connectivity index (χ0v) is 24.3. The molecule has 0 aliphatic heterocycles. The van der Waals surface area contributed by atoms with Crippen molar-refractivity contribution in [2.75, 3.05) is 20.3 Å². The number of hydrogen-bond acceptors (Lipinski definition) is 5. The van der Waals surface area contributed by atoms with E-state index in [9.17, 15) is 4.79 Å². The maximum absolute atomic E-state index is 11.1. The normalized spacial score (nSPS) is 12.6.